The van der Waals surface area contributed by atoms with Gasteiger partial charge in [-0.05, 0) is 49.5 Å². The molecule has 1 aliphatic rings. The van der Waals surface area contributed by atoms with Crippen LogP contribution in [0.15, 0.2) is 54.7 Å². The summed E-state index contributed by atoms with van der Waals surface area (Å²) in [6.07, 6.45) is 3.79. The van der Waals surface area contributed by atoms with E-state index in [0.717, 1.165) is 47.5 Å². The molecule has 4 rings (SSSR count). The Hall–Kier alpha value is -2.66. The largest absolute Gasteiger partial charge is 0.411 e. The highest BCUT2D eigenvalue weighted by atomic mass is 19.1. The Bertz CT molecular complexity index is 884. The summed E-state index contributed by atoms with van der Waals surface area (Å²) in [5.74, 6) is 0.116. The van der Waals surface area contributed by atoms with E-state index in [1.165, 1.54) is 6.07 Å². The van der Waals surface area contributed by atoms with Crippen LogP contribution in [0.25, 0.3) is 22.4 Å². The first-order chi connectivity index (χ1) is 12.2. The molecule has 1 saturated heterocycles. The molecule has 0 radical (unpaired) electrons. The molecule has 3 aromatic rings. The molecule has 25 heavy (non-hydrogen) atoms. The number of nitrogens with zero attached hydrogens (tertiary/aromatic N) is 2. The third-order valence-electron chi connectivity index (χ3n) is 4.88. The van der Waals surface area contributed by atoms with E-state index < -0.39 is 0 Å². The minimum Gasteiger partial charge on any atom is -0.411 e. The fourth-order valence-electron chi connectivity index (χ4n) is 3.59. The van der Waals surface area contributed by atoms with Gasteiger partial charge in [0.15, 0.2) is 0 Å². The predicted octanol–water partition coefficient (Wildman–Crippen LogP) is 4.06. The molecule has 128 valence electrons. The molecule has 0 atom stereocenters. The third kappa shape index (κ3) is 3.03. The minimum absolute atomic E-state index is 0.254. The number of rotatable bonds is 3. The lowest BCUT2D eigenvalue weighted by Gasteiger charge is -2.22. The molecule has 0 aliphatic carbocycles. The van der Waals surface area contributed by atoms with E-state index >= 15 is 0 Å². The van der Waals surface area contributed by atoms with E-state index in [1.54, 1.807) is 18.3 Å². The van der Waals surface area contributed by atoms with Crippen molar-refractivity contribution in [1.29, 1.82) is 0 Å². The van der Waals surface area contributed by atoms with Crippen molar-refractivity contribution in [2.75, 3.05) is 13.1 Å². The Morgan fingerprint density at radius 3 is 2.60 bits per heavy atom. The quantitative estimate of drug-likeness (QED) is 0.709. The maximum atomic E-state index is 14.1. The Balaban J connectivity index is 1.77. The summed E-state index contributed by atoms with van der Waals surface area (Å²) in [6.45, 7) is 1.94. The van der Waals surface area contributed by atoms with E-state index in [4.69, 9.17) is 0 Å². The van der Waals surface area contributed by atoms with Gasteiger partial charge in [-0.15, -0.1) is 9.94 Å². The van der Waals surface area contributed by atoms with Crippen molar-refractivity contribution >= 4 is 0 Å². The van der Waals surface area contributed by atoms with Crippen molar-refractivity contribution in [2.24, 2.45) is 0 Å². The lowest BCUT2D eigenvalue weighted by atomic mass is 9.88. The maximum absolute atomic E-state index is 14.1. The molecule has 2 heterocycles. The van der Waals surface area contributed by atoms with Gasteiger partial charge in [-0.3, -0.25) is 0 Å². The van der Waals surface area contributed by atoms with Crippen molar-refractivity contribution in [3.63, 3.8) is 0 Å². The number of hydrogen-bond donors (Lipinski definition) is 2. The summed E-state index contributed by atoms with van der Waals surface area (Å²) >= 11 is 0. The summed E-state index contributed by atoms with van der Waals surface area (Å²) in [5.41, 5.74) is 3.93. The molecular formula is C20H20FN3O. The lowest BCUT2D eigenvalue weighted by Crippen LogP contribution is -2.26. The second-order valence-corrected chi connectivity index (χ2v) is 6.42. The molecule has 0 bridgehead atoms. The average Bonchev–Trinajstić information content (AvgIpc) is 3.04. The van der Waals surface area contributed by atoms with Crippen molar-refractivity contribution in [1.82, 2.24) is 15.3 Å². The fourth-order valence-corrected chi connectivity index (χ4v) is 3.59. The van der Waals surface area contributed by atoms with Gasteiger partial charge in [0.1, 0.15) is 11.5 Å². The van der Waals surface area contributed by atoms with Gasteiger partial charge < -0.3 is 10.5 Å². The summed E-state index contributed by atoms with van der Waals surface area (Å²) in [4.78, 5) is 0.942. The highest BCUT2D eigenvalue weighted by Gasteiger charge is 2.23. The van der Waals surface area contributed by atoms with Gasteiger partial charge in [-0.2, -0.15) is 0 Å². The van der Waals surface area contributed by atoms with E-state index in [-0.39, 0.29) is 5.82 Å². The second kappa shape index (κ2) is 6.69. The molecule has 5 heteroatoms. The van der Waals surface area contributed by atoms with Crippen LogP contribution in [0.1, 0.15) is 24.3 Å². The van der Waals surface area contributed by atoms with Crippen LogP contribution in [0, 0.1) is 5.82 Å². The van der Waals surface area contributed by atoms with Crippen molar-refractivity contribution in [3.8, 4) is 22.4 Å². The van der Waals surface area contributed by atoms with Crippen molar-refractivity contribution in [2.45, 2.75) is 18.8 Å². The zero-order chi connectivity index (χ0) is 17.2. The van der Waals surface area contributed by atoms with E-state index in [2.05, 4.69) is 10.4 Å². The first-order valence-corrected chi connectivity index (χ1v) is 8.57. The van der Waals surface area contributed by atoms with Crippen LogP contribution < -0.4 is 5.32 Å². The van der Waals surface area contributed by atoms with Crippen LogP contribution in [-0.4, -0.2) is 28.2 Å². The lowest BCUT2D eigenvalue weighted by molar-refractivity contribution is 0.153. The normalized spacial score (nSPS) is 15.4. The van der Waals surface area contributed by atoms with Crippen LogP contribution in [-0.2, 0) is 0 Å². The number of piperidine rings is 1. The first kappa shape index (κ1) is 15.8. The fraction of sp³-hybridized carbons (Fsp3) is 0.250. The monoisotopic (exact) mass is 337 g/mol. The van der Waals surface area contributed by atoms with E-state index in [9.17, 15) is 9.60 Å². The third-order valence-corrected chi connectivity index (χ3v) is 4.88. The van der Waals surface area contributed by atoms with Crippen molar-refractivity contribution < 1.29 is 9.60 Å². The highest BCUT2D eigenvalue weighted by molar-refractivity contribution is 5.73. The molecule has 1 aliphatic heterocycles. The van der Waals surface area contributed by atoms with Crippen LogP contribution >= 0.6 is 0 Å². The highest BCUT2D eigenvalue weighted by Crippen LogP contribution is 2.35. The Labute approximate surface area is 145 Å². The summed E-state index contributed by atoms with van der Waals surface area (Å²) in [6, 6.07) is 14.3. The molecule has 0 amide bonds. The Morgan fingerprint density at radius 1 is 1.04 bits per heavy atom. The molecule has 1 aromatic heterocycles. The van der Waals surface area contributed by atoms with Gasteiger partial charge in [0.05, 0.1) is 6.20 Å². The molecule has 0 saturated carbocycles. The minimum atomic E-state index is -0.254. The molecule has 0 spiro atoms. The zero-order valence-electron chi connectivity index (χ0n) is 13.8. The molecule has 1 fully saturated rings. The first-order valence-electron chi connectivity index (χ1n) is 8.57. The molecule has 2 N–H and O–H groups in total. The van der Waals surface area contributed by atoms with Gasteiger partial charge in [-0.25, -0.2) is 4.39 Å². The zero-order valence-corrected chi connectivity index (χ0v) is 13.8. The van der Waals surface area contributed by atoms with E-state index in [0.29, 0.717) is 17.2 Å². The Morgan fingerprint density at radius 2 is 1.80 bits per heavy atom. The molecule has 4 nitrogen and oxygen atoms in total. The predicted molar refractivity (Wildman–Crippen MR) is 95.1 cm³/mol. The molecule has 2 aromatic carbocycles. The summed E-state index contributed by atoms with van der Waals surface area (Å²) < 4.78 is 14.1. The number of benzene rings is 2. The number of aromatic nitrogens is 2. The maximum Gasteiger partial charge on any atom is 0.131 e. The van der Waals surface area contributed by atoms with Gasteiger partial charge >= 0.3 is 0 Å². The number of halogens is 1. The smallest absolute Gasteiger partial charge is 0.131 e. The average molecular weight is 337 g/mol. The summed E-state index contributed by atoms with van der Waals surface area (Å²) in [7, 11) is 0. The van der Waals surface area contributed by atoms with Gasteiger partial charge in [0, 0.05) is 16.7 Å². The topological polar surface area (TPSA) is 50.1 Å². The van der Waals surface area contributed by atoms with Gasteiger partial charge in [0.2, 0.25) is 0 Å². The summed E-state index contributed by atoms with van der Waals surface area (Å²) in [5, 5.41) is 17.7. The Kier molecular flexibility index (Phi) is 4.24. The second-order valence-electron chi connectivity index (χ2n) is 6.42. The number of hydrogen-bond acceptors (Lipinski definition) is 3. The standard InChI is InChI=1S/C20H20FN3O/c21-19-7-2-1-6-17(19)15-4-3-5-16(12-15)20-18(13-23-24(20)25)14-8-10-22-11-9-14/h1-7,12-14,22,25H,8-11H2. The van der Waals surface area contributed by atoms with Gasteiger partial charge in [0.25, 0.3) is 0 Å². The van der Waals surface area contributed by atoms with E-state index in [1.807, 2.05) is 30.3 Å². The van der Waals surface area contributed by atoms with Crippen molar-refractivity contribution in [3.05, 3.63) is 66.1 Å². The van der Waals surface area contributed by atoms with Crippen LogP contribution in [0.5, 0.6) is 0 Å². The van der Waals surface area contributed by atoms with Gasteiger partial charge in [-0.1, -0.05) is 36.4 Å². The molecular weight excluding hydrogens is 317 g/mol. The van der Waals surface area contributed by atoms with Crippen LogP contribution in [0.3, 0.4) is 0 Å². The van der Waals surface area contributed by atoms with Crippen LogP contribution in [0.4, 0.5) is 4.39 Å². The number of nitrogens with one attached hydrogen (secondary N) is 1. The molecule has 0 unspecified atom stereocenters. The van der Waals surface area contributed by atoms with Crippen LogP contribution in [0.2, 0.25) is 0 Å². The SMILES string of the molecule is On1ncc(C2CCNCC2)c1-c1cccc(-c2ccccc2F)c1.